The molecule has 6 nitrogen and oxygen atoms in total. The molecule has 1 unspecified atom stereocenters. The first-order valence-electron chi connectivity index (χ1n) is 33.8. The van der Waals surface area contributed by atoms with E-state index in [0.717, 1.165) is 141 Å². The molecule has 0 aromatic heterocycles. The van der Waals surface area contributed by atoms with Gasteiger partial charge in [0.05, 0.1) is 0 Å². The number of ether oxygens (including phenoxy) is 3. The van der Waals surface area contributed by atoms with Gasteiger partial charge in [-0.15, -0.1) is 0 Å². The summed E-state index contributed by atoms with van der Waals surface area (Å²) in [6.45, 7) is 6.33. The first-order valence-corrected chi connectivity index (χ1v) is 33.8. The van der Waals surface area contributed by atoms with Crippen molar-refractivity contribution in [3.05, 3.63) is 146 Å². The Bertz CT molecular complexity index is 1780. The predicted molar refractivity (Wildman–Crippen MR) is 357 cm³/mol. The van der Waals surface area contributed by atoms with E-state index in [1.807, 2.05) is 0 Å². The SMILES string of the molecule is CC/C=C\C/C=C\C/C=C\C/C=C\C/C=C\C/C=C\CCCCCCCCCCCCCCCCCCC(=O)OCC(COC(=O)CCCCCCC/C=C\C/C=C\CCCC)OC(=O)CCCC/C=C\C/C=C\C/C=C\C/C=C\CC. The fourth-order valence-corrected chi connectivity index (χ4v) is 9.04. The van der Waals surface area contributed by atoms with E-state index < -0.39 is 6.10 Å². The van der Waals surface area contributed by atoms with Crippen LogP contribution < -0.4 is 0 Å². The van der Waals surface area contributed by atoms with Crippen LogP contribution in [0, 0.1) is 0 Å². The van der Waals surface area contributed by atoms with Crippen molar-refractivity contribution in [3.8, 4) is 0 Å². The minimum absolute atomic E-state index is 0.101. The van der Waals surface area contributed by atoms with E-state index >= 15 is 0 Å². The molecule has 82 heavy (non-hydrogen) atoms. The topological polar surface area (TPSA) is 78.9 Å². The number of carbonyl (C=O) groups excluding carboxylic acids is 3. The quantitative estimate of drug-likeness (QED) is 0.0261. The number of allylic oxidation sites excluding steroid dienone is 24. The number of rotatable bonds is 60. The number of esters is 3. The van der Waals surface area contributed by atoms with Gasteiger partial charge in [-0.3, -0.25) is 14.4 Å². The van der Waals surface area contributed by atoms with E-state index in [9.17, 15) is 14.4 Å². The Morgan fingerprint density at radius 3 is 0.768 bits per heavy atom. The minimum Gasteiger partial charge on any atom is -0.462 e. The summed E-state index contributed by atoms with van der Waals surface area (Å²) in [6, 6.07) is 0. The van der Waals surface area contributed by atoms with Gasteiger partial charge in [0.1, 0.15) is 13.2 Å². The molecule has 0 saturated heterocycles. The van der Waals surface area contributed by atoms with E-state index in [1.165, 1.54) is 109 Å². The normalized spacial score (nSPS) is 13.1. The molecule has 0 amide bonds. The second-order valence-electron chi connectivity index (χ2n) is 22.0. The molecule has 0 aliphatic carbocycles. The van der Waals surface area contributed by atoms with Gasteiger partial charge in [0, 0.05) is 19.3 Å². The minimum atomic E-state index is -0.810. The lowest BCUT2D eigenvalue weighted by Crippen LogP contribution is -2.30. The zero-order valence-corrected chi connectivity index (χ0v) is 53.2. The number of hydrogen-bond acceptors (Lipinski definition) is 6. The van der Waals surface area contributed by atoms with E-state index in [-0.39, 0.29) is 37.5 Å². The summed E-state index contributed by atoms with van der Waals surface area (Å²) in [7, 11) is 0. The van der Waals surface area contributed by atoms with Crippen molar-refractivity contribution in [2.24, 2.45) is 0 Å². The van der Waals surface area contributed by atoms with Gasteiger partial charge >= 0.3 is 17.9 Å². The Hall–Kier alpha value is -4.71. The standard InChI is InChI=1S/C76H124O6/c1-4-7-10-13-16-19-22-25-28-29-30-31-32-33-34-35-36-37-38-39-40-41-42-43-44-45-46-47-49-51-54-57-60-63-66-69-75(78)81-72-73(71-80-74(77)68-65-62-59-56-53-50-27-24-21-18-15-12-9-6-3)82-76(79)70-67-64-61-58-55-52-48-26-23-20-17-14-11-8-5-2/h7-8,10-11,15-20,24-28,30-31,33-34,36-37,48,55,58,73H,4-6,9,12-14,21-23,29,32,35,38-47,49-54,56-57,59-72H2,1-3H3/b10-7-,11-8-,18-15-,19-16-,20-17-,27-24-,28-25-,31-30-,34-33-,37-36-,48-26-,58-55-. The molecule has 0 heterocycles. The first-order chi connectivity index (χ1) is 40.5. The highest BCUT2D eigenvalue weighted by Gasteiger charge is 2.19. The third-order valence-corrected chi connectivity index (χ3v) is 14.1. The van der Waals surface area contributed by atoms with Gasteiger partial charge in [0.2, 0.25) is 0 Å². The summed E-state index contributed by atoms with van der Waals surface area (Å²) in [5.74, 6) is -0.955. The van der Waals surface area contributed by atoms with Crippen molar-refractivity contribution in [3.63, 3.8) is 0 Å². The predicted octanol–water partition coefficient (Wildman–Crippen LogP) is 23.5. The largest absolute Gasteiger partial charge is 0.462 e. The van der Waals surface area contributed by atoms with E-state index in [4.69, 9.17) is 14.2 Å². The molecule has 1 atom stereocenters. The van der Waals surface area contributed by atoms with Crippen LogP contribution in [0.3, 0.4) is 0 Å². The average molecular weight is 1130 g/mol. The van der Waals surface area contributed by atoms with E-state index in [0.29, 0.717) is 19.3 Å². The van der Waals surface area contributed by atoms with Gasteiger partial charge in [0.25, 0.3) is 0 Å². The van der Waals surface area contributed by atoms with Crippen molar-refractivity contribution in [2.75, 3.05) is 13.2 Å². The van der Waals surface area contributed by atoms with Crippen molar-refractivity contribution in [2.45, 2.75) is 303 Å². The zero-order chi connectivity index (χ0) is 59.2. The van der Waals surface area contributed by atoms with Crippen LogP contribution in [-0.4, -0.2) is 37.2 Å². The summed E-state index contributed by atoms with van der Waals surface area (Å²) in [6.07, 6.45) is 98.8. The molecule has 0 fully saturated rings. The molecular weight excluding hydrogens is 1010 g/mol. The van der Waals surface area contributed by atoms with Crippen molar-refractivity contribution in [1.29, 1.82) is 0 Å². The highest BCUT2D eigenvalue weighted by atomic mass is 16.6. The molecule has 0 aromatic carbocycles. The third-order valence-electron chi connectivity index (χ3n) is 14.1. The smallest absolute Gasteiger partial charge is 0.306 e. The lowest BCUT2D eigenvalue weighted by Gasteiger charge is -2.18. The van der Waals surface area contributed by atoms with Gasteiger partial charge < -0.3 is 14.2 Å². The Balaban J connectivity index is 4.21. The maximum Gasteiger partial charge on any atom is 0.306 e. The molecule has 464 valence electrons. The van der Waals surface area contributed by atoms with Gasteiger partial charge in [-0.1, -0.05) is 289 Å². The second kappa shape index (κ2) is 68.8. The summed E-state index contributed by atoms with van der Waals surface area (Å²) >= 11 is 0. The number of hydrogen-bond donors (Lipinski definition) is 0. The van der Waals surface area contributed by atoms with Crippen molar-refractivity contribution < 1.29 is 28.6 Å². The van der Waals surface area contributed by atoms with Crippen LogP contribution >= 0.6 is 0 Å². The fourth-order valence-electron chi connectivity index (χ4n) is 9.04. The van der Waals surface area contributed by atoms with Crippen LogP contribution in [0.15, 0.2) is 146 Å². The summed E-state index contributed by atoms with van der Waals surface area (Å²) < 4.78 is 16.9. The van der Waals surface area contributed by atoms with Crippen LogP contribution in [0.1, 0.15) is 297 Å². The Morgan fingerprint density at radius 1 is 0.256 bits per heavy atom. The van der Waals surface area contributed by atoms with Crippen LogP contribution in [0.2, 0.25) is 0 Å². The van der Waals surface area contributed by atoms with Gasteiger partial charge in [-0.25, -0.2) is 0 Å². The molecular formula is C76H124O6. The maximum absolute atomic E-state index is 12.9. The molecule has 0 saturated carbocycles. The fraction of sp³-hybridized carbons (Fsp3) is 0.645. The van der Waals surface area contributed by atoms with E-state index in [1.54, 1.807) is 0 Å². The van der Waals surface area contributed by atoms with E-state index in [2.05, 4.69) is 167 Å². The summed E-state index contributed by atoms with van der Waals surface area (Å²) in [4.78, 5) is 38.3. The van der Waals surface area contributed by atoms with Gasteiger partial charge in [0.15, 0.2) is 6.10 Å². The van der Waals surface area contributed by atoms with Gasteiger partial charge in [-0.2, -0.15) is 0 Å². The average Bonchev–Trinajstić information content (AvgIpc) is 3.48. The van der Waals surface area contributed by atoms with Crippen molar-refractivity contribution in [1.82, 2.24) is 0 Å². The molecule has 0 radical (unpaired) electrons. The molecule has 0 aromatic rings. The lowest BCUT2D eigenvalue weighted by molar-refractivity contribution is -0.167. The van der Waals surface area contributed by atoms with Crippen molar-refractivity contribution >= 4 is 17.9 Å². The summed E-state index contributed by atoms with van der Waals surface area (Å²) in [5, 5.41) is 0. The number of unbranched alkanes of at least 4 members (excludes halogenated alkanes) is 25. The molecule has 0 N–H and O–H groups in total. The highest BCUT2D eigenvalue weighted by Crippen LogP contribution is 2.16. The van der Waals surface area contributed by atoms with Crippen LogP contribution in [0.25, 0.3) is 0 Å². The molecule has 0 rings (SSSR count). The molecule has 0 aliphatic heterocycles. The highest BCUT2D eigenvalue weighted by molar-refractivity contribution is 5.71. The molecule has 6 heteroatoms. The number of carbonyl (C=O) groups is 3. The van der Waals surface area contributed by atoms with Crippen LogP contribution in [-0.2, 0) is 28.6 Å². The third kappa shape index (κ3) is 66.1. The second-order valence-corrected chi connectivity index (χ2v) is 22.0. The first kappa shape index (κ1) is 77.3. The Kier molecular flexibility index (Phi) is 64.8. The summed E-state index contributed by atoms with van der Waals surface area (Å²) in [5.41, 5.74) is 0. The van der Waals surface area contributed by atoms with Gasteiger partial charge in [-0.05, 0) is 135 Å². The maximum atomic E-state index is 12.9. The van der Waals surface area contributed by atoms with Crippen LogP contribution in [0.5, 0.6) is 0 Å². The Labute approximate surface area is 506 Å². The monoisotopic (exact) mass is 1130 g/mol. The molecule has 0 bridgehead atoms. The lowest BCUT2D eigenvalue weighted by atomic mass is 10.0. The molecule has 0 spiro atoms. The Morgan fingerprint density at radius 2 is 0.476 bits per heavy atom. The molecule has 0 aliphatic rings. The zero-order valence-electron chi connectivity index (χ0n) is 53.2. The van der Waals surface area contributed by atoms with Crippen LogP contribution in [0.4, 0.5) is 0 Å².